The van der Waals surface area contributed by atoms with Crippen LogP contribution in [0.2, 0.25) is 0 Å². The van der Waals surface area contributed by atoms with Crippen LogP contribution >= 0.6 is 0 Å². The molecule has 0 aliphatic heterocycles. The fraction of sp³-hybridized carbons (Fsp3) is 0.300. The van der Waals surface area contributed by atoms with Gasteiger partial charge >= 0.3 is 0 Å². The smallest absolute Gasteiger partial charge is 0.163 e. The first-order valence-electron chi connectivity index (χ1n) is 3.94. The van der Waals surface area contributed by atoms with E-state index < -0.39 is 0 Å². The van der Waals surface area contributed by atoms with Crippen LogP contribution in [0.3, 0.4) is 0 Å². The van der Waals surface area contributed by atoms with E-state index in [9.17, 15) is 9.18 Å². The molecule has 1 radical (unpaired) electrons. The second-order valence-corrected chi connectivity index (χ2v) is 2.59. The molecule has 1 rings (SSSR count). The highest BCUT2D eigenvalue weighted by Crippen LogP contribution is 2.06. The summed E-state index contributed by atoms with van der Waals surface area (Å²) in [5.74, 6) is -0.426. The predicted octanol–water partition coefficient (Wildman–Crippen LogP) is 2.61. The van der Waals surface area contributed by atoms with E-state index in [4.69, 9.17) is 0 Å². The van der Waals surface area contributed by atoms with E-state index in [1.54, 1.807) is 0 Å². The number of carbonyl (C=O) groups is 1. The van der Waals surface area contributed by atoms with Crippen LogP contribution in [0.1, 0.15) is 30.1 Å². The Hall–Kier alpha value is -1.18. The zero-order valence-corrected chi connectivity index (χ0v) is 6.93. The van der Waals surface area contributed by atoms with Crippen molar-refractivity contribution in [2.45, 2.75) is 19.8 Å². The van der Waals surface area contributed by atoms with E-state index in [1.807, 2.05) is 6.92 Å². The Bertz CT molecular complexity index is 281. The fourth-order valence-electron chi connectivity index (χ4n) is 0.961. The highest BCUT2D eigenvalue weighted by atomic mass is 19.1. The molecule has 63 valence electrons. The molecular weight excluding hydrogens is 155 g/mol. The molecule has 0 unspecified atom stereocenters. The molecule has 0 N–H and O–H groups in total. The lowest BCUT2D eigenvalue weighted by molar-refractivity contribution is 0.0981. The first-order valence-corrected chi connectivity index (χ1v) is 3.94. The summed E-state index contributed by atoms with van der Waals surface area (Å²) in [4.78, 5) is 11.2. The second-order valence-electron chi connectivity index (χ2n) is 2.59. The maximum atomic E-state index is 12.6. The molecule has 2 heteroatoms. The molecule has 12 heavy (non-hydrogen) atoms. The molecule has 0 saturated carbocycles. The molecule has 0 saturated heterocycles. The molecule has 0 fully saturated rings. The van der Waals surface area contributed by atoms with Crippen LogP contribution in [0.5, 0.6) is 0 Å². The third-order valence-corrected chi connectivity index (χ3v) is 1.54. The van der Waals surface area contributed by atoms with Gasteiger partial charge in [0.05, 0.1) is 0 Å². The molecule has 0 aromatic heterocycles. The lowest BCUT2D eigenvalue weighted by Crippen LogP contribution is -1.98. The van der Waals surface area contributed by atoms with Gasteiger partial charge < -0.3 is 0 Å². The van der Waals surface area contributed by atoms with E-state index in [1.165, 1.54) is 18.2 Å². The predicted molar refractivity (Wildman–Crippen MR) is 44.5 cm³/mol. The largest absolute Gasteiger partial charge is 0.294 e. The van der Waals surface area contributed by atoms with Crippen molar-refractivity contribution in [3.63, 3.8) is 0 Å². The van der Waals surface area contributed by atoms with Crippen LogP contribution in [0.15, 0.2) is 18.2 Å². The standard InChI is InChI=1S/C10H10FO/c1-2-4-10(12)8-5-3-6-9(11)7-8/h3,6-7H,2,4H2,1H3. The summed E-state index contributed by atoms with van der Waals surface area (Å²) < 4.78 is 12.6. The van der Waals surface area contributed by atoms with Crippen LogP contribution in [0, 0.1) is 11.9 Å². The molecule has 0 bridgehead atoms. The average Bonchev–Trinajstić information content (AvgIpc) is 2.05. The van der Waals surface area contributed by atoms with Gasteiger partial charge in [0.15, 0.2) is 5.78 Å². The molecule has 0 spiro atoms. The molecule has 1 nitrogen and oxygen atoms in total. The summed E-state index contributed by atoms with van der Waals surface area (Å²) in [5, 5.41) is 0. The third-order valence-electron chi connectivity index (χ3n) is 1.54. The van der Waals surface area contributed by atoms with Crippen molar-refractivity contribution in [2.24, 2.45) is 0 Å². The number of rotatable bonds is 3. The van der Waals surface area contributed by atoms with Crippen LogP contribution in [0.25, 0.3) is 0 Å². The van der Waals surface area contributed by atoms with Crippen molar-refractivity contribution in [1.82, 2.24) is 0 Å². The van der Waals surface area contributed by atoms with Crippen molar-refractivity contribution in [3.05, 3.63) is 35.6 Å². The summed E-state index contributed by atoms with van der Waals surface area (Å²) in [6.07, 6.45) is 1.24. The van der Waals surface area contributed by atoms with Crippen molar-refractivity contribution in [1.29, 1.82) is 0 Å². The number of Topliss-reactive ketones (excluding diaryl/α,β-unsaturated/α-hetero) is 1. The molecular formula is C10H10FO. The Kier molecular flexibility index (Phi) is 2.97. The van der Waals surface area contributed by atoms with Gasteiger partial charge in [0.2, 0.25) is 0 Å². The second kappa shape index (κ2) is 4.00. The van der Waals surface area contributed by atoms with Gasteiger partial charge in [0, 0.05) is 12.0 Å². The SMILES string of the molecule is CCCC(=O)c1[c]ccc(F)c1. The Morgan fingerprint density at radius 2 is 2.42 bits per heavy atom. The van der Waals surface area contributed by atoms with Crippen LogP contribution in [0.4, 0.5) is 4.39 Å². The summed E-state index contributed by atoms with van der Waals surface area (Å²) in [6.45, 7) is 1.91. The molecule has 0 aliphatic rings. The van der Waals surface area contributed by atoms with E-state index in [0.29, 0.717) is 12.0 Å². The number of ketones is 1. The van der Waals surface area contributed by atoms with Gasteiger partial charge in [-0.15, -0.1) is 0 Å². The fourth-order valence-corrected chi connectivity index (χ4v) is 0.961. The van der Waals surface area contributed by atoms with Crippen molar-refractivity contribution < 1.29 is 9.18 Å². The molecule has 0 atom stereocenters. The minimum Gasteiger partial charge on any atom is -0.294 e. The first-order chi connectivity index (χ1) is 5.74. The lowest BCUT2D eigenvalue weighted by atomic mass is 10.1. The number of carbonyl (C=O) groups excluding carboxylic acids is 1. The average molecular weight is 165 g/mol. The Balaban J connectivity index is 2.81. The van der Waals surface area contributed by atoms with Gasteiger partial charge in [-0.25, -0.2) is 4.39 Å². The maximum absolute atomic E-state index is 12.6. The highest BCUT2D eigenvalue weighted by Gasteiger charge is 2.04. The van der Waals surface area contributed by atoms with E-state index >= 15 is 0 Å². The quantitative estimate of drug-likeness (QED) is 0.629. The van der Waals surface area contributed by atoms with E-state index in [2.05, 4.69) is 6.07 Å². The highest BCUT2D eigenvalue weighted by molar-refractivity contribution is 5.95. The minimum atomic E-state index is -0.381. The van der Waals surface area contributed by atoms with Crippen LogP contribution in [-0.4, -0.2) is 5.78 Å². The van der Waals surface area contributed by atoms with Crippen molar-refractivity contribution in [2.75, 3.05) is 0 Å². The topological polar surface area (TPSA) is 17.1 Å². The number of hydrogen-bond donors (Lipinski definition) is 0. The molecule has 0 amide bonds. The zero-order valence-electron chi connectivity index (χ0n) is 6.93. The first kappa shape index (κ1) is 8.91. The Labute approximate surface area is 71.2 Å². The molecule has 1 aromatic rings. The van der Waals surface area contributed by atoms with Gasteiger partial charge in [-0.1, -0.05) is 13.0 Å². The maximum Gasteiger partial charge on any atom is 0.163 e. The summed E-state index contributed by atoms with van der Waals surface area (Å²) in [6, 6.07) is 6.63. The van der Waals surface area contributed by atoms with Gasteiger partial charge in [-0.2, -0.15) is 0 Å². The normalized spacial score (nSPS) is 9.83. The van der Waals surface area contributed by atoms with Gasteiger partial charge in [0.25, 0.3) is 0 Å². The summed E-state index contributed by atoms with van der Waals surface area (Å²) in [7, 11) is 0. The third kappa shape index (κ3) is 2.16. The number of hydrogen-bond acceptors (Lipinski definition) is 1. The minimum absolute atomic E-state index is 0.0444. The Morgan fingerprint density at radius 1 is 1.67 bits per heavy atom. The van der Waals surface area contributed by atoms with Crippen LogP contribution < -0.4 is 0 Å². The zero-order chi connectivity index (χ0) is 8.97. The van der Waals surface area contributed by atoms with Gasteiger partial charge in [-0.05, 0) is 24.6 Å². The van der Waals surface area contributed by atoms with Gasteiger partial charge in [0.1, 0.15) is 5.82 Å². The Morgan fingerprint density at radius 3 is 3.00 bits per heavy atom. The molecule has 1 aromatic carbocycles. The van der Waals surface area contributed by atoms with E-state index in [0.717, 1.165) is 6.42 Å². The molecule has 0 heterocycles. The number of benzene rings is 1. The monoisotopic (exact) mass is 165 g/mol. The van der Waals surface area contributed by atoms with Crippen LogP contribution in [-0.2, 0) is 0 Å². The lowest BCUT2D eigenvalue weighted by Gasteiger charge is -1.97. The molecule has 0 aliphatic carbocycles. The van der Waals surface area contributed by atoms with Gasteiger partial charge in [-0.3, -0.25) is 4.79 Å². The van der Waals surface area contributed by atoms with Crippen molar-refractivity contribution >= 4 is 5.78 Å². The number of halogens is 1. The summed E-state index contributed by atoms with van der Waals surface area (Å²) in [5.41, 5.74) is 0.344. The van der Waals surface area contributed by atoms with E-state index in [-0.39, 0.29) is 11.6 Å². The summed E-state index contributed by atoms with van der Waals surface area (Å²) >= 11 is 0. The van der Waals surface area contributed by atoms with Crippen molar-refractivity contribution in [3.8, 4) is 0 Å².